The van der Waals surface area contributed by atoms with Crippen LogP contribution in [-0.4, -0.2) is 21.0 Å². The molecule has 0 amide bonds. The Balaban J connectivity index is 2.71. The molecule has 4 rings (SSSR count). The van der Waals surface area contributed by atoms with E-state index in [0.717, 1.165) is 13.0 Å². The van der Waals surface area contributed by atoms with Gasteiger partial charge in [-0.05, 0) is 0 Å². The topological polar surface area (TPSA) is 0 Å². The van der Waals surface area contributed by atoms with E-state index in [1.165, 1.54) is 0 Å². The summed E-state index contributed by atoms with van der Waals surface area (Å²) in [7, 11) is 0. The van der Waals surface area contributed by atoms with Gasteiger partial charge in [0.25, 0.3) is 0 Å². The van der Waals surface area contributed by atoms with E-state index in [2.05, 4.69) is 0 Å². The average Bonchev–Trinajstić information content (AvgIpc) is 1.26. The zero-order valence-electron chi connectivity index (χ0n) is 2.50. The molecule has 4 fully saturated rings. The van der Waals surface area contributed by atoms with E-state index in [1.54, 1.807) is 8.38 Å². The number of rotatable bonds is 0. The van der Waals surface area contributed by atoms with Crippen molar-refractivity contribution >= 4 is 25.6 Å². The van der Waals surface area contributed by atoms with Crippen molar-refractivity contribution in [1.82, 2.24) is 0 Å². The van der Waals surface area contributed by atoms with E-state index in [1.807, 2.05) is 0 Å². The van der Waals surface area contributed by atoms with Gasteiger partial charge in [0.2, 0.25) is 0 Å². The second kappa shape index (κ2) is 0.281. The Morgan fingerprint density at radius 2 is 1.40 bits per heavy atom. The van der Waals surface area contributed by atoms with Crippen LogP contribution in [0.1, 0.15) is 0 Å². The molecule has 0 bridgehead atoms. The molecule has 0 saturated carbocycles. The first-order chi connectivity index (χ1) is 2.49. The molecule has 5 heavy (non-hydrogen) atoms. The molecule has 24 valence electrons. The SMILES string of the molecule is C12P3C4P1[As+]243. The molecule has 0 radical (unpaired) electrons. The van der Waals surface area contributed by atoms with Gasteiger partial charge < -0.3 is 0 Å². The Labute approximate surface area is 34.4 Å². The molecule has 1 spiro atoms. The van der Waals surface area contributed by atoms with Gasteiger partial charge in [-0.3, -0.25) is 0 Å². The summed E-state index contributed by atoms with van der Waals surface area (Å²) in [4.78, 5) is 0. The van der Waals surface area contributed by atoms with Crippen LogP contribution in [0.15, 0.2) is 0 Å². The van der Waals surface area contributed by atoms with Crippen molar-refractivity contribution in [2.24, 2.45) is 0 Å². The summed E-state index contributed by atoms with van der Waals surface area (Å²) < 4.78 is 3.31. The zero-order chi connectivity index (χ0) is 2.81. The molecule has 3 heteroatoms. The van der Waals surface area contributed by atoms with Crippen LogP contribution in [0.4, 0.5) is 0 Å². The van der Waals surface area contributed by atoms with Gasteiger partial charge in [-0.15, -0.1) is 0 Å². The van der Waals surface area contributed by atoms with Crippen molar-refractivity contribution < 1.29 is 0 Å². The molecule has 4 aliphatic rings. The van der Waals surface area contributed by atoms with Crippen molar-refractivity contribution in [3.8, 4) is 0 Å². The van der Waals surface area contributed by atoms with E-state index in [4.69, 9.17) is 0 Å². The fraction of sp³-hybridized carbons (Fsp3) is 1.00. The first-order valence-corrected chi connectivity index (χ1v) is 12.0. The van der Waals surface area contributed by atoms with Crippen LogP contribution in [-0.2, 0) is 0 Å². The Morgan fingerprint density at radius 3 is 1.40 bits per heavy atom. The van der Waals surface area contributed by atoms with Crippen LogP contribution in [0, 0.1) is 0 Å². The van der Waals surface area contributed by atoms with Crippen molar-refractivity contribution in [3.63, 3.8) is 0 Å². The predicted octanol–water partition coefficient (Wildman–Crippen LogP) is 1.18. The van der Waals surface area contributed by atoms with Crippen molar-refractivity contribution in [3.05, 3.63) is 0 Å². The number of fused-ring (bicyclic) bond motifs is 4. The van der Waals surface area contributed by atoms with Gasteiger partial charge in [0.1, 0.15) is 0 Å². The summed E-state index contributed by atoms with van der Waals surface area (Å²) in [5.41, 5.74) is 0. The molecule has 0 aromatic rings. The van der Waals surface area contributed by atoms with Gasteiger partial charge in [-0.2, -0.15) is 0 Å². The second-order valence-corrected chi connectivity index (χ2v) is 29.5. The van der Waals surface area contributed by atoms with Crippen LogP contribution in [0.3, 0.4) is 0 Å². The molecule has 0 N–H and O–H groups in total. The van der Waals surface area contributed by atoms with Crippen LogP contribution in [0.25, 0.3) is 0 Å². The van der Waals surface area contributed by atoms with Gasteiger partial charge in [0.05, 0.1) is 0 Å². The summed E-state index contributed by atoms with van der Waals surface area (Å²) in [6.45, 7) is 2.14. The van der Waals surface area contributed by atoms with Gasteiger partial charge >= 0.3 is 34.0 Å². The fourth-order valence-corrected chi connectivity index (χ4v) is 84.2. The first-order valence-electron chi connectivity index (χ1n) is 1.95. The Hall–Kier alpha value is 1.42. The van der Waals surface area contributed by atoms with Gasteiger partial charge in [0.15, 0.2) is 0 Å². The molecule has 0 aliphatic carbocycles. The summed E-state index contributed by atoms with van der Waals surface area (Å²) in [6, 6.07) is 0. The standard InChI is InChI=1S/C2H2AsP2/c1-3-2(4(1)3)5(1)3/h1-2H/q+1. The molecular formula is C2H2AsP2+. The Morgan fingerprint density at radius 1 is 1.20 bits per heavy atom. The van der Waals surface area contributed by atoms with Gasteiger partial charge in [-0.25, -0.2) is 0 Å². The maximum atomic E-state index is 1.66. The van der Waals surface area contributed by atoms with E-state index >= 15 is 0 Å². The molecular weight excluding hydrogens is 161 g/mol. The first kappa shape index (κ1) is 2.12. The molecule has 0 aromatic carbocycles. The van der Waals surface area contributed by atoms with Crippen LogP contribution < -0.4 is 0 Å². The van der Waals surface area contributed by atoms with E-state index in [9.17, 15) is 0 Å². The van der Waals surface area contributed by atoms with E-state index < -0.39 is 0 Å². The van der Waals surface area contributed by atoms with Gasteiger partial charge in [0, 0.05) is 0 Å². The third-order valence-electron chi connectivity index (χ3n) is 2.15. The van der Waals surface area contributed by atoms with Crippen molar-refractivity contribution in [1.29, 1.82) is 0 Å². The van der Waals surface area contributed by atoms with Crippen molar-refractivity contribution in [2.75, 3.05) is 0 Å². The predicted molar refractivity (Wildman–Crippen MR) is 27.2 cm³/mol. The minimum atomic E-state index is -0.0787. The van der Waals surface area contributed by atoms with E-state index in [0.29, 0.717) is 0 Å². The third-order valence-corrected chi connectivity index (χ3v) is 51.1. The molecule has 0 aromatic heterocycles. The summed E-state index contributed by atoms with van der Waals surface area (Å²) in [6.07, 6.45) is 0. The maximum absolute atomic E-state index is 1.66. The number of hydrogen-bond acceptors (Lipinski definition) is 0. The Kier molecular flexibility index (Phi) is 0.119. The van der Waals surface area contributed by atoms with Crippen LogP contribution >= 0.6 is 13.0 Å². The van der Waals surface area contributed by atoms with Gasteiger partial charge in [-0.1, -0.05) is 0 Å². The molecule has 4 aliphatic heterocycles. The Bertz CT molecular complexity index is 110. The normalized spacial score (nSPS) is 125. The molecule has 4 saturated heterocycles. The zero-order valence-corrected chi connectivity index (χ0v) is 6.16. The quantitative estimate of drug-likeness (QED) is 0.371. The summed E-state index contributed by atoms with van der Waals surface area (Å²) in [5.74, 6) is 0. The summed E-state index contributed by atoms with van der Waals surface area (Å²) >= 11 is -0.0787. The fourth-order valence-electron chi connectivity index (χ4n) is 1.47. The minimum absolute atomic E-state index is 0.0787. The molecule has 4 heterocycles. The second-order valence-electron chi connectivity index (χ2n) is 2.15. The van der Waals surface area contributed by atoms with E-state index in [-0.39, 0.29) is 12.6 Å². The number of hydrogen-bond donors (Lipinski definition) is 0. The van der Waals surface area contributed by atoms with Crippen molar-refractivity contribution in [2.45, 2.75) is 8.38 Å². The monoisotopic (exact) mass is 163 g/mol. The third kappa shape index (κ3) is 0.0567. The molecule has 0 unspecified atom stereocenters. The van der Waals surface area contributed by atoms with Crippen LogP contribution in [0.2, 0.25) is 0 Å². The molecule has 0 atom stereocenters. The average molecular weight is 163 g/mol. The van der Waals surface area contributed by atoms with Crippen LogP contribution in [0.5, 0.6) is 0 Å². The molecule has 0 nitrogen and oxygen atoms in total. The summed E-state index contributed by atoms with van der Waals surface area (Å²) in [5, 5.41) is 0.